The van der Waals surface area contributed by atoms with E-state index in [0.29, 0.717) is 30.2 Å². The lowest BCUT2D eigenvalue weighted by Crippen LogP contribution is -2.55. The third-order valence-electron chi connectivity index (χ3n) is 4.56. The molecular weight excluding hydrogens is 327 g/mol. The number of hydrogen-bond donors (Lipinski definition) is 0. The number of nitrogens with zero attached hydrogens (tertiary/aromatic N) is 2. The van der Waals surface area contributed by atoms with Crippen molar-refractivity contribution in [1.29, 1.82) is 0 Å². The van der Waals surface area contributed by atoms with Crippen LogP contribution in [0.3, 0.4) is 0 Å². The Kier molecular flexibility index (Phi) is 4.88. The van der Waals surface area contributed by atoms with Gasteiger partial charge in [-0.05, 0) is 43.7 Å². The lowest BCUT2D eigenvalue weighted by Gasteiger charge is -2.39. The van der Waals surface area contributed by atoms with Crippen LogP contribution in [0, 0.1) is 12.7 Å². The quantitative estimate of drug-likeness (QED) is 0.838. The summed E-state index contributed by atoms with van der Waals surface area (Å²) in [5.74, 6) is -0.198. The maximum Gasteiger partial charge on any atom is 0.244 e. The van der Waals surface area contributed by atoms with Gasteiger partial charge in [-0.15, -0.1) is 0 Å². The van der Waals surface area contributed by atoms with Gasteiger partial charge in [-0.3, -0.25) is 9.69 Å². The summed E-state index contributed by atoms with van der Waals surface area (Å²) in [6, 6.07) is 12.0. The summed E-state index contributed by atoms with van der Waals surface area (Å²) in [6.45, 7) is 5.54. The molecule has 1 aliphatic heterocycles. The average molecular weight is 347 g/mol. The molecule has 1 amide bonds. The molecular formula is C19H20ClFN2O. The Labute approximate surface area is 146 Å². The molecule has 1 unspecified atom stereocenters. The van der Waals surface area contributed by atoms with Gasteiger partial charge in [0.2, 0.25) is 5.91 Å². The number of carbonyl (C=O) groups is 1. The Hall–Kier alpha value is -1.91. The lowest BCUT2D eigenvalue weighted by molar-refractivity contribution is -0.125. The van der Waals surface area contributed by atoms with Crippen molar-refractivity contribution >= 4 is 23.2 Å². The molecule has 1 heterocycles. The van der Waals surface area contributed by atoms with Crippen LogP contribution in [-0.4, -0.2) is 29.9 Å². The molecule has 2 aromatic carbocycles. The van der Waals surface area contributed by atoms with E-state index in [-0.39, 0.29) is 17.8 Å². The highest BCUT2D eigenvalue weighted by Gasteiger charge is 2.33. The van der Waals surface area contributed by atoms with Crippen LogP contribution >= 0.6 is 11.6 Å². The first-order chi connectivity index (χ1) is 11.5. The van der Waals surface area contributed by atoms with Crippen molar-refractivity contribution in [3.05, 3.63) is 64.4 Å². The number of aryl methyl sites for hydroxylation is 1. The Morgan fingerprint density at radius 3 is 2.67 bits per heavy atom. The highest BCUT2D eigenvalue weighted by atomic mass is 35.5. The SMILES string of the molecule is Cc1cc(Cl)ccc1N1CCN(Cc2ccccc2F)C(C)C1=O. The zero-order valence-electron chi connectivity index (χ0n) is 13.8. The fourth-order valence-electron chi connectivity index (χ4n) is 3.14. The molecule has 0 saturated carbocycles. The smallest absolute Gasteiger partial charge is 0.244 e. The molecule has 0 bridgehead atoms. The van der Waals surface area contributed by atoms with Crippen molar-refractivity contribution in [3.8, 4) is 0 Å². The van der Waals surface area contributed by atoms with Crippen LogP contribution in [0.1, 0.15) is 18.1 Å². The van der Waals surface area contributed by atoms with Crippen molar-refractivity contribution in [3.63, 3.8) is 0 Å². The molecule has 3 rings (SSSR count). The fourth-order valence-corrected chi connectivity index (χ4v) is 3.36. The number of amides is 1. The van der Waals surface area contributed by atoms with Crippen molar-refractivity contribution in [2.75, 3.05) is 18.0 Å². The van der Waals surface area contributed by atoms with Gasteiger partial charge in [0.05, 0.1) is 6.04 Å². The minimum absolute atomic E-state index is 0.0306. The molecule has 0 aromatic heterocycles. The minimum atomic E-state index is -0.298. The summed E-state index contributed by atoms with van der Waals surface area (Å²) in [5.41, 5.74) is 2.49. The third-order valence-corrected chi connectivity index (χ3v) is 4.80. The molecule has 3 nitrogen and oxygen atoms in total. The van der Waals surface area contributed by atoms with E-state index in [1.165, 1.54) is 6.07 Å². The van der Waals surface area contributed by atoms with Gasteiger partial charge in [-0.1, -0.05) is 29.8 Å². The number of halogens is 2. The molecule has 0 spiro atoms. The van der Waals surface area contributed by atoms with E-state index in [2.05, 4.69) is 0 Å². The monoisotopic (exact) mass is 346 g/mol. The molecule has 1 saturated heterocycles. The van der Waals surface area contributed by atoms with Crippen LogP contribution in [0.5, 0.6) is 0 Å². The maximum absolute atomic E-state index is 13.9. The van der Waals surface area contributed by atoms with Gasteiger partial charge in [0.1, 0.15) is 5.82 Å². The Morgan fingerprint density at radius 2 is 1.96 bits per heavy atom. The third kappa shape index (κ3) is 3.30. The van der Waals surface area contributed by atoms with E-state index in [1.54, 1.807) is 23.1 Å². The molecule has 1 atom stereocenters. The van der Waals surface area contributed by atoms with Crippen LogP contribution in [0.2, 0.25) is 5.02 Å². The van der Waals surface area contributed by atoms with Crippen LogP contribution in [0.25, 0.3) is 0 Å². The zero-order valence-corrected chi connectivity index (χ0v) is 14.6. The highest BCUT2D eigenvalue weighted by molar-refractivity contribution is 6.30. The van der Waals surface area contributed by atoms with Crippen LogP contribution in [0.15, 0.2) is 42.5 Å². The van der Waals surface area contributed by atoms with E-state index < -0.39 is 0 Å². The number of carbonyl (C=O) groups excluding carboxylic acids is 1. The van der Waals surface area contributed by atoms with Crippen molar-refractivity contribution in [1.82, 2.24) is 4.90 Å². The lowest BCUT2D eigenvalue weighted by atomic mass is 10.1. The van der Waals surface area contributed by atoms with E-state index in [0.717, 1.165) is 11.3 Å². The topological polar surface area (TPSA) is 23.6 Å². The Balaban J connectivity index is 1.77. The first-order valence-electron chi connectivity index (χ1n) is 8.02. The van der Waals surface area contributed by atoms with Crippen LogP contribution in [-0.2, 0) is 11.3 Å². The van der Waals surface area contributed by atoms with Crippen molar-refractivity contribution in [2.24, 2.45) is 0 Å². The van der Waals surface area contributed by atoms with E-state index in [9.17, 15) is 9.18 Å². The first-order valence-corrected chi connectivity index (χ1v) is 8.40. The Morgan fingerprint density at radius 1 is 1.21 bits per heavy atom. The van der Waals surface area contributed by atoms with Gasteiger partial charge in [0.15, 0.2) is 0 Å². The molecule has 24 heavy (non-hydrogen) atoms. The second-order valence-electron chi connectivity index (χ2n) is 6.16. The molecule has 1 aliphatic rings. The second-order valence-corrected chi connectivity index (χ2v) is 6.59. The molecule has 0 N–H and O–H groups in total. The largest absolute Gasteiger partial charge is 0.310 e. The zero-order chi connectivity index (χ0) is 17.3. The van der Waals surface area contributed by atoms with E-state index >= 15 is 0 Å². The standard InChI is InChI=1S/C19H20ClFN2O/c1-13-11-16(20)7-8-18(13)23-10-9-22(14(2)19(23)24)12-15-5-3-4-6-17(15)21/h3-8,11,14H,9-10,12H2,1-2H3. The summed E-state index contributed by atoms with van der Waals surface area (Å²) < 4.78 is 13.9. The number of rotatable bonds is 3. The van der Waals surface area contributed by atoms with Crippen LogP contribution in [0.4, 0.5) is 10.1 Å². The first kappa shape index (κ1) is 16.9. The number of hydrogen-bond acceptors (Lipinski definition) is 2. The summed E-state index contributed by atoms with van der Waals surface area (Å²) in [6.07, 6.45) is 0. The van der Waals surface area contributed by atoms with Crippen molar-refractivity contribution in [2.45, 2.75) is 26.4 Å². The van der Waals surface area contributed by atoms with Gasteiger partial charge >= 0.3 is 0 Å². The molecule has 0 radical (unpaired) electrons. The number of benzene rings is 2. The predicted molar refractivity (Wildman–Crippen MR) is 94.8 cm³/mol. The fraction of sp³-hybridized carbons (Fsp3) is 0.316. The number of anilines is 1. The molecule has 1 fully saturated rings. The summed E-state index contributed by atoms with van der Waals surface area (Å²) in [5, 5.41) is 0.662. The van der Waals surface area contributed by atoms with E-state index in [1.807, 2.05) is 36.9 Å². The Bertz CT molecular complexity index is 765. The van der Waals surface area contributed by atoms with Gasteiger partial charge in [0, 0.05) is 35.9 Å². The van der Waals surface area contributed by atoms with Gasteiger partial charge in [0.25, 0.3) is 0 Å². The summed E-state index contributed by atoms with van der Waals surface area (Å²) in [4.78, 5) is 16.6. The molecule has 0 aliphatic carbocycles. The molecule has 126 valence electrons. The second kappa shape index (κ2) is 6.91. The molecule has 2 aromatic rings. The van der Waals surface area contributed by atoms with Gasteiger partial charge < -0.3 is 4.90 Å². The predicted octanol–water partition coefficient (Wildman–Crippen LogP) is 4.02. The summed E-state index contributed by atoms with van der Waals surface area (Å²) >= 11 is 6.00. The van der Waals surface area contributed by atoms with Gasteiger partial charge in [-0.25, -0.2) is 4.39 Å². The number of piperazine rings is 1. The van der Waals surface area contributed by atoms with Crippen LogP contribution < -0.4 is 4.90 Å². The normalized spacial score (nSPS) is 18.9. The van der Waals surface area contributed by atoms with Gasteiger partial charge in [-0.2, -0.15) is 0 Å². The summed E-state index contributed by atoms with van der Waals surface area (Å²) in [7, 11) is 0. The maximum atomic E-state index is 13.9. The minimum Gasteiger partial charge on any atom is -0.310 e. The van der Waals surface area contributed by atoms with E-state index in [4.69, 9.17) is 11.6 Å². The molecule has 5 heteroatoms. The average Bonchev–Trinajstić information content (AvgIpc) is 2.55. The highest BCUT2D eigenvalue weighted by Crippen LogP contribution is 2.27. The van der Waals surface area contributed by atoms with Crippen molar-refractivity contribution < 1.29 is 9.18 Å².